The number of aliphatic hydroxyl groups excluding tert-OH is 1. The zero-order valence-corrected chi connectivity index (χ0v) is 35.8. The molecule has 0 spiro atoms. The molecule has 0 aliphatic carbocycles. The Morgan fingerprint density at radius 2 is 1.15 bits per heavy atom. The standard InChI is InChI=1S/C45H89N7O3/c1-3-5-7-9-11-13-15-17-18-20-22-24-26-28-30-35-44(54)51-42(39-52(49)38-40(47)37-50-45(55)41(48)33-31-32-36-46)43(53)34-29-27-25-23-21-19-16-14-12-10-8-6-4-2/h17-18,29,34,38,41-43,53H,3-16,19-28,30-33,35-37,39,46-49H2,1-2H3,(H,50,55)(H,51,54)/b18-17-,34-29+,40-38-/t41?,42-,43+/m0/s1. The number of nitrogens with one attached hydrogen (secondary N) is 2. The summed E-state index contributed by atoms with van der Waals surface area (Å²) in [4.78, 5) is 25.3. The molecule has 1 unspecified atom stereocenters. The van der Waals surface area contributed by atoms with E-state index in [-0.39, 0.29) is 24.9 Å². The lowest BCUT2D eigenvalue weighted by Crippen LogP contribution is -2.50. The third kappa shape index (κ3) is 35.7. The predicted octanol–water partition coefficient (Wildman–Crippen LogP) is 8.68. The normalized spacial score (nSPS) is 13.7. The van der Waals surface area contributed by atoms with Crippen LogP contribution in [0.2, 0.25) is 0 Å². The van der Waals surface area contributed by atoms with Crippen molar-refractivity contribution in [2.24, 2.45) is 23.0 Å². The quantitative estimate of drug-likeness (QED) is 0.0139. The summed E-state index contributed by atoms with van der Waals surface area (Å²) >= 11 is 0. The van der Waals surface area contributed by atoms with Crippen LogP contribution >= 0.6 is 0 Å². The van der Waals surface area contributed by atoms with E-state index >= 15 is 0 Å². The van der Waals surface area contributed by atoms with E-state index in [0.717, 1.165) is 51.4 Å². The SMILES string of the molecule is CCCCCCCC/C=C\CCCCCCCC(=O)N[C@@H](CN(N)/C=C(\N)CNC(=O)C(N)CCCCN)[C@H](O)/C=C/CCCCCCCCCCCCC. The summed E-state index contributed by atoms with van der Waals surface area (Å²) in [5, 5.41) is 18.3. The number of aliphatic hydroxyl groups is 1. The van der Waals surface area contributed by atoms with Gasteiger partial charge in [-0.25, -0.2) is 5.84 Å². The minimum atomic E-state index is -0.905. The molecule has 3 atom stereocenters. The summed E-state index contributed by atoms with van der Waals surface area (Å²) in [5.74, 6) is 5.91. The number of hydrogen-bond acceptors (Lipinski definition) is 8. The lowest BCUT2D eigenvalue weighted by atomic mass is 10.0. The minimum absolute atomic E-state index is 0.0883. The molecule has 0 rings (SSSR count). The van der Waals surface area contributed by atoms with Gasteiger partial charge >= 0.3 is 0 Å². The molecule has 0 saturated carbocycles. The van der Waals surface area contributed by atoms with Gasteiger partial charge in [-0.2, -0.15) is 0 Å². The molecule has 0 fully saturated rings. The van der Waals surface area contributed by atoms with Gasteiger partial charge in [0, 0.05) is 18.3 Å². The third-order valence-electron chi connectivity index (χ3n) is 10.2. The molecule has 0 aliphatic rings. The van der Waals surface area contributed by atoms with Crippen molar-refractivity contribution >= 4 is 11.8 Å². The number of hydrogen-bond donors (Lipinski definition) is 7. The van der Waals surface area contributed by atoms with Crippen molar-refractivity contribution in [3.8, 4) is 0 Å². The van der Waals surface area contributed by atoms with Crippen molar-refractivity contribution in [2.45, 2.75) is 218 Å². The molecule has 11 N–H and O–H groups in total. The van der Waals surface area contributed by atoms with Crippen LogP contribution in [0.1, 0.15) is 200 Å². The maximum atomic E-state index is 13.0. The monoisotopic (exact) mass is 776 g/mol. The zero-order valence-electron chi connectivity index (χ0n) is 35.8. The molecule has 2 amide bonds. The van der Waals surface area contributed by atoms with Crippen LogP contribution in [-0.4, -0.2) is 59.8 Å². The fourth-order valence-corrected chi connectivity index (χ4v) is 6.67. The van der Waals surface area contributed by atoms with Crippen molar-refractivity contribution in [3.63, 3.8) is 0 Å². The lowest BCUT2D eigenvalue weighted by molar-refractivity contribution is -0.123. The second-order valence-electron chi connectivity index (χ2n) is 15.8. The van der Waals surface area contributed by atoms with Gasteiger partial charge in [0.25, 0.3) is 0 Å². The number of amides is 2. The van der Waals surface area contributed by atoms with Gasteiger partial charge in [0.1, 0.15) is 0 Å². The number of nitrogens with zero attached hydrogens (tertiary/aromatic N) is 1. The Morgan fingerprint density at radius 1 is 0.673 bits per heavy atom. The van der Waals surface area contributed by atoms with E-state index in [9.17, 15) is 14.7 Å². The van der Waals surface area contributed by atoms with E-state index in [0.29, 0.717) is 25.1 Å². The average molecular weight is 776 g/mol. The summed E-state index contributed by atoms with van der Waals surface area (Å²) in [7, 11) is 0. The number of hydrazine groups is 1. The van der Waals surface area contributed by atoms with Crippen LogP contribution < -0.4 is 33.7 Å². The molecular weight excluding hydrogens is 687 g/mol. The first-order chi connectivity index (χ1) is 26.7. The van der Waals surface area contributed by atoms with Crippen LogP contribution in [0.5, 0.6) is 0 Å². The van der Waals surface area contributed by atoms with Crippen LogP contribution in [0.3, 0.4) is 0 Å². The van der Waals surface area contributed by atoms with Gasteiger partial charge in [-0.1, -0.05) is 160 Å². The fourth-order valence-electron chi connectivity index (χ4n) is 6.67. The van der Waals surface area contributed by atoms with E-state index < -0.39 is 18.2 Å². The van der Waals surface area contributed by atoms with Crippen LogP contribution in [0.4, 0.5) is 0 Å². The molecule has 10 heteroatoms. The number of allylic oxidation sites excluding steroid dienone is 3. The summed E-state index contributed by atoms with van der Waals surface area (Å²) < 4.78 is 0. The number of nitrogens with two attached hydrogens (primary N) is 4. The second-order valence-corrected chi connectivity index (χ2v) is 15.8. The molecule has 0 aliphatic heterocycles. The van der Waals surface area contributed by atoms with E-state index in [1.165, 1.54) is 133 Å². The summed E-state index contributed by atoms with van der Waals surface area (Å²) in [5.41, 5.74) is 18.0. The Labute approximate surface area is 338 Å². The molecule has 0 aromatic heterocycles. The van der Waals surface area contributed by atoms with Crippen LogP contribution in [0.15, 0.2) is 36.2 Å². The molecule has 0 aromatic rings. The van der Waals surface area contributed by atoms with Gasteiger partial charge in [-0.15, -0.1) is 0 Å². The summed E-state index contributed by atoms with van der Waals surface area (Å²) in [6.07, 6.45) is 42.4. The smallest absolute Gasteiger partial charge is 0.237 e. The van der Waals surface area contributed by atoms with Crippen molar-refractivity contribution in [1.29, 1.82) is 0 Å². The van der Waals surface area contributed by atoms with Gasteiger partial charge in [0.2, 0.25) is 11.8 Å². The zero-order chi connectivity index (χ0) is 40.6. The largest absolute Gasteiger partial charge is 0.399 e. The van der Waals surface area contributed by atoms with E-state index in [4.69, 9.17) is 23.0 Å². The molecule has 0 radical (unpaired) electrons. The Morgan fingerprint density at radius 3 is 1.65 bits per heavy atom. The number of unbranched alkanes of at least 4 members (excludes halogenated alkanes) is 23. The Bertz CT molecular complexity index is 974. The number of carbonyl (C=O) groups is 2. The first-order valence-electron chi connectivity index (χ1n) is 22.7. The summed E-state index contributed by atoms with van der Waals surface area (Å²) in [6.45, 7) is 5.32. The third-order valence-corrected chi connectivity index (χ3v) is 10.2. The maximum absolute atomic E-state index is 13.0. The maximum Gasteiger partial charge on any atom is 0.237 e. The van der Waals surface area contributed by atoms with Crippen LogP contribution in [-0.2, 0) is 9.59 Å². The molecule has 10 nitrogen and oxygen atoms in total. The molecule has 0 aromatic carbocycles. The van der Waals surface area contributed by atoms with Gasteiger partial charge in [-0.3, -0.25) is 9.59 Å². The van der Waals surface area contributed by atoms with Gasteiger partial charge < -0.3 is 38.0 Å². The fraction of sp³-hybridized carbons (Fsp3) is 0.822. The highest BCUT2D eigenvalue weighted by Gasteiger charge is 2.21. The topological polar surface area (TPSA) is 186 Å². The molecule has 0 saturated heterocycles. The minimum Gasteiger partial charge on any atom is -0.399 e. The first-order valence-corrected chi connectivity index (χ1v) is 22.7. The molecule has 0 bridgehead atoms. The molecule has 322 valence electrons. The Hall–Kier alpha value is -2.40. The highest BCUT2D eigenvalue weighted by Crippen LogP contribution is 2.13. The predicted molar refractivity (Wildman–Crippen MR) is 235 cm³/mol. The molecular formula is C45H89N7O3. The first kappa shape index (κ1) is 52.6. The molecule has 55 heavy (non-hydrogen) atoms. The average Bonchev–Trinajstić information content (AvgIpc) is 3.16. The van der Waals surface area contributed by atoms with Gasteiger partial charge in [-0.05, 0) is 64.3 Å². The Kier molecular flexibility index (Phi) is 38.1. The lowest BCUT2D eigenvalue weighted by Gasteiger charge is -2.27. The van der Waals surface area contributed by atoms with Gasteiger partial charge in [0.05, 0.1) is 31.3 Å². The Balaban J connectivity index is 4.75. The highest BCUT2D eigenvalue weighted by molar-refractivity contribution is 5.81. The van der Waals surface area contributed by atoms with Crippen LogP contribution in [0.25, 0.3) is 0 Å². The number of rotatable bonds is 40. The summed E-state index contributed by atoms with van der Waals surface area (Å²) in [6, 6.07) is -1.24. The highest BCUT2D eigenvalue weighted by atomic mass is 16.3. The van der Waals surface area contributed by atoms with E-state index in [2.05, 4.69) is 36.6 Å². The number of carbonyl (C=O) groups excluding carboxylic acids is 2. The van der Waals surface area contributed by atoms with Crippen LogP contribution in [0, 0.1) is 0 Å². The van der Waals surface area contributed by atoms with E-state index in [1.54, 1.807) is 6.08 Å². The van der Waals surface area contributed by atoms with Crippen molar-refractivity contribution in [3.05, 3.63) is 36.2 Å². The van der Waals surface area contributed by atoms with E-state index in [1.807, 2.05) is 6.08 Å². The van der Waals surface area contributed by atoms with Crippen molar-refractivity contribution < 1.29 is 14.7 Å². The van der Waals surface area contributed by atoms with Crippen molar-refractivity contribution in [1.82, 2.24) is 15.6 Å². The van der Waals surface area contributed by atoms with Gasteiger partial charge in [0.15, 0.2) is 0 Å². The molecule has 0 heterocycles. The van der Waals surface area contributed by atoms with Crippen molar-refractivity contribution in [2.75, 3.05) is 19.6 Å². The second kappa shape index (κ2) is 39.8.